The molecular formula is C21H31N5O2. The van der Waals surface area contributed by atoms with Gasteiger partial charge in [0.15, 0.2) is 5.96 Å². The summed E-state index contributed by atoms with van der Waals surface area (Å²) in [5, 5.41) is 11.0. The third kappa shape index (κ3) is 4.97. The number of aromatic nitrogens is 1. The van der Waals surface area contributed by atoms with Crippen LogP contribution in [0.3, 0.4) is 0 Å². The van der Waals surface area contributed by atoms with Crippen molar-refractivity contribution in [2.75, 3.05) is 38.7 Å². The molecule has 0 spiro atoms. The molecular weight excluding hydrogens is 354 g/mol. The molecule has 3 rings (SSSR count). The fourth-order valence-electron chi connectivity index (χ4n) is 3.69. The molecule has 7 nitrogen and oxygen atoms in total. The van der Waals surface area contributed by atoms with Crippen molar-refractivity contribution in [3.63, 3.8) is 0 Å². The molecule has 2 N–H and O–H groups in total. The van der Waals surface area contributed by atoms with Gasteiger partial charge >= 0.3 is 0 Å². The van der Waals surface area contributed by atoms with Crippen molar-refractivity contribution in [1.82, 2.24) is 15.8 Å². The number of methoxy groups -OCH3 is 1. The molecule has 1 aromatic carbocycles. The molecule has 0 radical (unpaired) electrons. The number of piperidine rings is 1. The number of rotatable bonds is 6. The minimum atomic E-state index is 0.352. The highest BCUT2D eigenvalue weighted by molar-refractivity contribution is 5.80. The minimum absolute atomic E-state index is 0.352. The number of hydrogen-bond donors (Lipinski definition) is 2. The van der Waals surface area contributed by atoms with Crippen molar-refractivity contribution in [3.8, 4) is 5.75 Å². The summed E-state index contributed by atoms with van der Waals surface area (Å²) in [6.45, 7) is 6.72. The number of ether oxygens (including phenoxy) is 1. The molecule has 0 aliphatic carbocycles. The van der Waals surface area contributed by atoms with Crippen LogP contribution in [0.15, 0.2) is 33.8 Å². The van der Waals surface area contributed by atoms with E-state index in [2.05, 4.69) is 37.8 Å². The van der Waals surface area contributed by atoms with Crippen molar-refractivity contribution < 1.29 is 9.26 Å². The maximum atomic E-state index is 5.36. The van der Waals surface area contributed by atoms with Gasteiger partial charge in [-0.3, -0.25) is 4.99 Å². The largest absolute Gasteiger partial charge is 0.497 e. The van der Waals surface area contributed by atoms with Crippen molar-refractivity contribution in [2.24, 2.45) is 4.99 Å². The zero-order valence-electron chi connectivity index (χ0n) is 17.3. The summed E-state index contributed by atoms with van der Waals surface area (Å²) in [6, 6.07) is 8.61. The molecule has 1 aliphatic heterocycles. The molecule has 0 amide bonds. The van der Waals surface area contributed by atoms with E-state index in [-0.39, 0.29) is 0 Å². The molecule has 1 atom stereocenters. The van der Waals surface area contributed by atoms with Gasteiger partial charge in [0.2, 0.25) is 0 Å². The van der Waals surface area contributed by atoms with Gasteiger partial charge in [-0.25, -0.2) is 0 Å². The molecule has 1 aliphatic rings. The molecule has 28 heavy (non-hydrogen) atoms. The number of nitrogens with one attached hydrogen (secondary N) is 2. The van der Waals surface area contributed by atoms with E-state index in [1.54, 1.807) is 7.11 Å². The lowest BCUT2D eigenvalue weighted by molar-refractivity contribution is 0.392. The van der Waals surface area contributed by atoms with E-state index in [0.717, 1.165) is 62.1 Å². The Kier molecular flexibility index (Phi) is 6.79. The summed E-state index contributed by atoms with van der Waals surface area (Å²) in [5.41, 5.74) is 3.33. The normalized spacial score (nSPS) is 17.5. The molecule has 1 unspecified atom stereocenters. The first kappa shape index (κ1) is 20.0. The SMILES string of the molecule is CN=C(NCCc1c(C)noc1C)NC1CCCN(c2cccc(OC)c2)C1. The van der Waals surface area contributed by atoms with Crippen LogP contribution in [0.4, 0.5) is 5.69 Å². The highest BCUT2D eigenvalue weighted by Gasteiger charge is 2.21. The second kappa shape index (κ2) is 9.48. The van der Waals surface area contributed by atoms with E-state index in [9.17, 15) is 0 Å². The van der Waals surface area contributed by atoms with E-state index < -0.39 is 0 Å². The zero-order valence-corrected chi connectivity index (χ0v) is 17.3. The zero-order chi connectivity index (χ0) is 19.9. The number of hydrogen-bond acceptors (Lipinski definition) is 5. The first-order valence-electron chi connectivity index (χ1n) is 9.88. The molecule has 2 aromatic rings. The summed E-state index contributed by atoms with van der Waals surface area (Å²) in [5.74, 6) is 2.62. The lowest BCUT2D eigenvalue weighted by Crippen LogP contribution is -2.51. The summed E-state index contributed by atoms with van der Waals surface area (Å²) < 4.78 is 10.6. The van der Waals surface area contributed by atoms with Crippen molar-refractivity contribution in [3.05, 3.63) is 41.3 Å². The van der Waals surface area contributed by atoms with Gasteiger partial charge in [-0.15, -0.1) is 0 Å². The number of aryl methyl sites for hydroxylation is 2. The molecule has 0 saturated carbocycles. The maximum Gasteiger partial charge on any atom is 0.191 e. The Morgan fingerprint density at radius 2 is 2.25 bits per heavy atom. The first-order chi connectivity index (χ1) is 13.6. The van der Waals surface area contributed by atoms with Gasteiger partial charge in [-0.2, -0.15) is 0 Å². The lowest BCUT2D eigenvalue weighted by Gasteiger charge is -2.35. The Morgan fingerprint density at radius 3 is 2.96 bits per heavy atom. The van der Waals surface area contributed by atoms with Crippen LogP contribution in [0.1, 0.15) is 29.9 Å². The molecule has 7 heteroatoms. The quantitative estimate of drug-likeness (QED) is 0.588. The van der Waals surface area contributed by atoms with E-state index in [4.69, 9.17) is 9.26 Å². The van der Waals surface area contributed by atoms with Gasteiger partial charge in [0.05, 0.1) is 12.8 Å². The standard InChI is InChI=1S/C21H31N5O2/c1-15-20(16(2)28-25-15)10-11-23-21(22-3)24-17-7-6-12-26(14-17)18-8-5-9-19(13-18)27-4/h5,8-9,13,17H,6-7,10-12,14H2,1-4H3,(H2,22,23,24). The molecule has 152 valence electrons. The Balaban J connectivity index is 1.52. The average Bonchev–Trinajstić information content (AvgIpc) is 3.05. The van der Waals surface area contributed by atoms with Gasteiger partial charge in [0, 0.05) is 50.0 Å². The van der Waals surface area contributed by atoms with Crippen LogP contribution in [-0.2, 0) is 6.42 Å². The van der Waals surface area contributed by atoms with Crippen LogP contribution >= 0.6 is 0 Å². The van der Waals surface area contributed by atoms with Crippen LogP contribution in [0.5, 0.6) is 5.75 Å². The van der Waals surface area contributed by atoms with E-state index in [0.29, 0.717) is 6.04 Å². The highest BCUT2D eigenvalue weighted by Crippen LogP contribution is 2.24. The predicted octanol–water partition coefficient (Wildman–Crippen LogP) is 2.68. The summed E-state index contributed by atoms with van der Waals surface area (Å²) in [6.07, 6.45) is 3.14. The first-order valence-corrected chi connectivity index (χ1v) is 9.88. The van der Waals surface area contributed by atoms with E-state index in [1.165, 1.54) is 11.3 Å². The van der Waals surface area contributed by atoms with Crippen LogP contribution in [0.25, 0.3) is 0 Å². The Labute approximate surface area is 167 Å². The minimum Gasteiger partial charge on any atom is -0.497 e. The highest BCUT2D eigenvalue weighted by atomic mass is 16.5. The van der Waals surface area contributed by atoms with Crippen molar-refractivity contribution >= 4 is 11.6 Å². The fraction of sp³-hybridized carbons (Fsp3) is 0.524. The third-order valence-corrected chi connectivity index (χ3v) is 5.25. The van der Waals surface area contributed by atoms with Gasteiger partial charge < -0.3 is 24.8 Å². The third-order valence-electron chi connectivity index (χ3n) is 5.25. The van der Waals surface area contributed by atoms with Gasteiger partial charge in [-0.1, -0.05) is 11.2 Å². The van der Waals surface area contributed by atoms with E-state index >= 15 is 0 Å². The summed E-state index contributed by atoms with van der Waals surface area (Å²) in [4.78, 5) is 6.79. The van der Waals surface area contributed by atoms with E-state index in [1.807, 2.05) is 33.0 Å². The molecule has 1 saturated heterocycles. The summed E-state index contributed by atoms with van der Waals surface area (Å²) >= 11 is 0. The topological polar surface area (TPSA) is 74.9 Å². The van der Waals surface area contributed by atoms with Crippen molar-refractivity contribution in [1.29, 1.82) is 0 Å². The lowest BCUT2D eigenvalue weighted by atomic mass is 10.0. The Morgan fingerprint density at radius 1 is 1.39 bits per heavy atom. The number of anilines is 1. The molecule has 0 bridgehead atoms. The van der Waals surface area contributed by atoms with Crippen LogP contribution in [0, 0.1) is 13.8 Å². The second-order valence-corrected chi connectivity index (χ2v) is 7.18. The van der Waals surface area contributed by atoms with Gasteiger partial charge in [0.1, 0.15) is 11.5 Å². The fourth-order valence-corrected chi connectivity index (χ4v) is 3.69. The van der Waals surface area contributed by atoms with Crippen LogP contribution in [-0.4, -0.2) is 50.9 Å². The Hall–Kier alpha value is -2.70. The Bertz CT molecular complexity index is 782. The predicted molar refractivity (Wildman–Crippen MR) is 112 cm³/mol. The monoisotopic (exact) mass is 385 g/mol. The van der Waals surface area contributed by atoms with Gasteiger partial charge in [0.25, 0.3) is 0 Å². The molecule has 1 aromatic heterocycles. The smallest absolute Gasteiger partial charge is 0.191 e. The van der Waals surface area contributed by atoms with Gasteiger partial charge in [-0.05, 0) is 45.2 Å². The number of guanidine groups is 1. The summed E-state index contributed by atoms with van der Waals surface area (Å²) in [7, 11) is 3.52. The molecule has 1 fully saturated rings. The number of benzene rings is 1. The van der Waals surface area contributed by atoms with Crippen LogP contribution < -0.4 is 20.3 Å². The number of nitrogens with zero attached hydrogens (tertiary/aromatic N) is 3. The van der Waals surface area contributed by atoms with Crippen molar-refractivity contribution in [2.45, 2.75) is 39.2 Å². The average molecular weight is 386 g/mol. The molecule has 2 heterocycles. The second-order valence-electron chi connectivity index (χ2n) is 7.18. The number of aliphatic imine (C=N–C) groups is 1. The maximum absolute atomic E-state index is 5.36. The van der Waals surface area contributed by atoms with Crippen LogP contribution in [0.2, 0.25) is 0 Å².